The molecule has 0 aliphatic carbocycles. The Morgan fingerprint density at radius 1 is 1.10 bits per heavy atom. The first kappa shape index (κ1) is 14.0. The lowest BCUT2D eigenvalue weighted by Crippen LogP contribution is -2.19. The maximum absolute atomic E-state index is 11.8. The summed E-state index contributed by atoms with van der Waals surface area (Å²) in [6.07, 6.45) is 0. The van der Waals surface area contributed by atoms with Crippen molar-refractivity contribution < 1.29 is 19.1 Å². The van der Waals surface area contributed by atoms with Crippen molar-refractivity contribution in [3.8, 4) is 0 Å². The van der Waals surface area contributed by atoms with Gasteiger partial charge < -0.3 is 14.8 Å². The minimum atomic E-state index is -0.497. The average molecular weight is 273 g/mol. The van der Waals surface area contributed by atoms with E-state index in [2.05, 4.69) is 5.32 Å². The first-order valence-corrected chi connectivity index (χ1v) is 6.05. The zero-order valence-electron chi connectivity index (χ0n) is 11.3. The second-order valence-corrected chi connectivity index (χ2v) is 4.22. The van der Waals surface area contributed by atoms with Gasteiger partial charge in [0.2, 0.25) is 5.91 Å². The van der Waals surface area contributed by atoms with Crippen LogP contribution in [0, 0.1) is 0 Å². The molecule has 0 unspecified atom stereocenters. The number of anilines is 1. The number of amides is 1. The fourth-order valence-corrected chi connectivity index (χ4v) is 1.94. The molecule has 0 aliphatic heterocycles. The van der Waals surface area contributed by atoms with Crippen LogP contribution in [0.2, 0.25) is 0 Å². The number of hydrogen-bond donors (Lipinski definition) is 1. The molecule has 1 N–H and O–H groups in total. The van der Waals surface area contributed by atoms with Crippen LogP contribution in [-0.4, -0.2) is 32.7 Å². The number of rotatable bonds is 4. The van der Waals surface area contributed by atoms with Crippen molar-refractivity contribution in [2.75, 3.05) is 26.1 Å². The molecule has 0 spiro atoms. The van der Waals surface area contributed by atoms with Gasteiger partial charge in [0.05, 0.1) is 18.4 Å². The quantitative estimate of drug-likeness (QED) is 0.867. The molecule has 5 heteroatoms. The van der Waals surface area contributed by atoms with Crippen molar-refractivity contribution in [1.29, 1.82) is 0 Å². The zero-order chi connectivity index (χ0) is 14.5. The Labute approximate surface area is 116 Å². The number of hydrogen-bond acceptors (Lipinski definition) is 4. The molecule has 2 aromatic carbocycles. The van der Waals surface area contributed by atoms with Crippen molar-refractivity contribution >= 4 is 28.3 Å². The van der Waals surface area contributed by atoms with Crippen LogP contribution in [0.15, 0.2) is 36.4 Å². The highest BCUT2D eigenvalue weighted by molar-refractivity contribution is 6.05. The molecule has 0 aromatic heterocycles. The van der Waals surface area contributed by atoms with Crippen molar-refractivity contribution in [3.05, 3.63) is 42.0 Å². The van der Waals surface area contributed by atoms with Gasteiger partial charge in [-0.3, -0.25) is 4.79 Å². The fourth-order valence-electron chi connectivity index (χ4n) is 1.94. The van der Waals surface area contributed by atoms with Crippen LogP contribution in [-0.2, 0) is 14.3 Å². The van der Waals surface area contributed by atoms with E-state index in [-0.39, 0.29) is 12.5 Å². The van der Waals surface area contributed by atoms with Gasteiger partial charge in [-0.05, 0) is 22.9 Å². The van der Waals surface area contributed by atoms with E-state index < -0.39 is 5.97 Å². The number of carbonyl (C=O) groups excluding carboxylic acids is 2. The van der Waals surface area contributed by atoms with Crippen LogP contribution in [0.5, 0.6) is 0 Å². The monoisotopic (exact) mass is 273 g/mol. The Morgan fingerprint density at radius 3 is 2.35 bits per heavy atom. The van der Waals surface area contributed by atoms with Gasteiger partial charge >= 0.3 is 5.97 Å². The molecule has 0 radical (unpaired) electrons. The summed E-state index contributed by atoms with van der Waals surface area (Å²) in [7, 11) is 2.74. The van der Waals surface area contributed by atoms with Crippen LogP contribution >= 0.6 is 0 Å². The Bertz CT molecular complexity index is 651. The molecule has 2 rings (SSSR count). The number of carbonyl (C=O) groups is 2. The lowest BCUT2D eigenvalue weighted by atomic mass is 10.0. The molecule has 0 atom stereocenters. The maximum atomic E-state index is 11.8. The lowest BCUT2D eigenvalue weighted by molar-refractivity contribution is -0.119. The summed E-state index contributed by atoms with van der Waals surface area (Å²) in [5, 5.41) is 4.48. The zero-order valence-corrected chi connectivity index (χ0v) is 11.3. The van der Waals surface area contributed by atoms with Gasteiger partial charge in [0.25, 0.3) is 0 Å². The summed E-state index contributed by atoms with van der Waals surface area (Å²) in [4.78, 5) is 23.4. The molecule has 0 saturated carbocycles. The second kappa shape index (κ2) is 6.16. The maximum Gasteiger partial charge on any atom is 0.339 e. The average Bonchev–Trinajstić information content (AvgIpc) is 2.46. The van der Waals surface area contributed by atoms with Gasteiger partial charge in [0.15, 0.2) is 0 Å². The molecule has 0 saturated heterocycles. The lowest BCUT2D eigenvalue weighted by Gasteiger charge is -2.11. The molecule has 104 valence electrons. The van der Waals surface area contributed by atoms with Crippen LogP contribution in [0.4, 0.5) is 5.69 Å². The largest absolute Gasteiger partial charge is 0.465 e. The van der Waals surface area contributed by atoms with E-state index in [0.29, 0.717) is 11.3 Å². The van der Waals surface area contributed by atoms with E-state index in [4.69, 9.17) is 9.47 Å². The molecule has 1 amide bonds. The number of benzene rings is 2. The van der Waals surface area contributed by atoms with Gasteiger partial charge in [-0.25, -0.2) is 4.79 Å². The Morgan fingerprint density at radius 2 is 1.75 bits per heavy atom. The SMILES string of the molecule is COCC(=O)Nc1cc2ccccc2cc1C(=O)OC. The summed E-state index contributed by atoms with van der Waals surface area (Å²) in [5.41, 5.74) is 0.730. The highest BCUT2D eigenvalue weighted by atomic mass is 16.5. The van der Waals surface area contributed by atoms with E-state index in [1.165, 1.54) is 14.2 Å². The normalized spacial score (nSPS) is 10.3. The highest BCUT2D eigenvalue weighted by Gasteiger charge is 2.15. The standard InChI is InChI=1S/C15H15NO4/c1-19-9-14(17)16-13-8-11-6-4-3-5-10(11)7-12(13)15(18)20-2/h3-8H,9H2,1-2H3,(H,16,17). The number of methoxy groups -OCH3 is 2. The molecule has 0 fully saturated rings. The minimum absolute atomic E-state index is 0.0760. The molecule has 0 heterocycles. The molecule has 20 heavy (non-hydrogen) atoms. The van der Waals surface area contributed by atoms with Crippen molar-refractivity contribution in [3.63, 3.8) is 0 Å². The first-order valence-electron chi connectivity index (χ1n) is 6.05. The van der Waals surface area contributed by atoms with Crippen molar-refractivity contribution in [1.82, 2.24) is 0 Å². The molecule has 5 nitrogen and oxygen atoms in total. The summed E-state index contributed by atoms with van der Waals surface area (Å²) in [5.74, 6) is -0.823. The predicted octanol–water partition coefficient (Wildman–Crippen LogP) is 2.21. The Kier molecular flexibility index (Phi) is 4.32. The van der Waals surface area contributed by atoms with Gasteiger partial charge in [0, 0.05) is 7.11 Å². The number of nitrogens with one attached hydrogen (secondary N) is 1. The third-order valence-electron chi connectivity index (χ3n) is 2.84. The van der Waals surface area contributed by atoms with Crippen molar-refractivity contribution in [2.45, 2.75) is 0 Å². The predicted molar refractivity (Wildman–Crippen MR) is 75.8 cm³/mol. The van der Waals surface area contributed by atoms with Crippen LogP contribution in [0.1, 0.15) is 10.4 Å². The number of fused-ring (bicyclic) bond motifs is 1. The van der Waals surface area contributed by atoms with Crippen LogP contribution < -0.4 is 5.32 Å². The van der Waals surface area contributed by atoms with Crippen LogP contribution in [0.3, 0.4) is 0 Å². The first-order chi connectivity index (χ1) is 9.65. The van der Waals surface area contributed by atoms with Gasteiger partial charge in [-0.2, -0.15) is 0 Å². The van der Waals surface area contributed by atoms with E-state index in [1.54, 1.807) is 12.1 Å². The highest BCUT2D eigenvalue weighted by Crippen LogP contribution is 2.24. The Balaban J connectivity index is 2.48. The third-order valence-corrected chi connectivity index (χ3v) is 2.84. The Hall–Kier alpha value is -2.40. The topological polar surface area (TPSA) is 64.6 Å². The number of esters is 1. The smallest absolute Gasteiger partial charge is 0.339 e. The summed E-state index contributed by atoms with van der Waals surface area (Å²) >= 11 is 0. The van der Waals surface area contributed by atoms with E-state index >= 15 is 0 Å². The summed E-state index contributed by atoms with van der Waals surface area (Å²) in [6, 6.07) is 11.0. The minimum Gasteiger partial charge on any atom is -0.465 e. The van der Waals surface area contributed by atoms with E-state index in [1.807, 2.05) is 24.3 Å². The molecular formula is C15H15NO4. The number of ether oxygens (including phenoxy) is 2. The van der Waals surface area contributed by atoms with E-state index in [9.17, 15) is 9.59 Å². The van der Waals surface area contributed by atoms with Gasteiger partial charge in [0.1, 0.15) is 6.61 Å². The molecule has 2 aromatic rings. The van der Waals surface area contributed by atoms with Crippen LogP contribution in [0.25, 0.3) is 10.8 Å². The molecule has 0 bridgehead atoms. The van der Waals surface area contributed by atoms with Gasteiger partial charge in [-0.1, -0.05) is 24.3 Å². The second-order valence-electron chi connectivity index (χ2n) is 4.22. The third kappa shape index (κ3) is 2.95. The molecular weight excluding hydrogens is 258 g/mol. The molecule has 0 aliphatic rings. The van der Waals surface area contributed by atoms with E-state index in [0.717, 1.165) is 10.8 Å². The van der Waals surface area contributed by atoms with Crippen molar-refractivity contribution in [2.24, 2.45) is 0 Å². The summed E-state index contributed by atoms with van der Waals surface area (Å²) < 4.78 is 9.51. The summed E-state index contributed by atoms with van der Waals surface area (Å²) in [6.45, 7) is -0.0760. The van der Waals surface area contributed by atoms with Gasteiger partial charge in [-0.15, -0.1) is 0 Å². The fraction of sp³-hybridized carbons (Fsp3) is 0.200.